The first kappa shape index (κ1) is 20.9. The molecule has 156 valence electrons. The van der Waals surface area contributed by atoms with Gasteiger partial charge in [0.15, 0.2) is 0 Å². The van der Waals surface area contributed by atoms with Crippen LogP contribution in [0.1, 0.15) is 23.6 Å². The molecule has 1 heterocycles. The van der Waals surface area contributed by atoms with Crippen molar-refractivity contribution < 1.29 is 15.0 Å². The fourth-order valence-electron chi connectivity index (χ4n) is 3.51. The van der Waals surface area contributed by atoms with Gasteiger partial charge in [0.25, 0.3) is 0 Å². The van der Waals surface area contributed by atoms with Crippen molar-refractivity contribution in [1.29, 1.82) is 0 Å². The molecule has 3 aromatic rings. The molecule has 1 fully saturated rings. The van der Waals surface area contributed by atoms with Crippen molar-refractivity contribution in [2.24, 2.45) is 0 Å². The van der Waals surface area contributed by atoms with Crippen LogP contribution in [0.3, 0.4) is 0 Å². The van der Waals surface area contributed by atoms with E-state index in [4.69, 9.17) is 0 Å². The van der Waals surface area contributed by atoms with Crippen molar-refractivity contribution in [1.82, 2.24) is 4.90 Å². The minimum absolute atomic E-state index is 0.0349. The molecule has 0 bridgehead atoms. The first-order valence-corrected chi connectivity index (χ1v) is 10.9. The number of carbonyl (C=O) groups excluding carboxylic acids is 1. The SMILES string of the molecule is CCc1ccc(N2C(=O)C(=Cc3ccc(O)cc3O)N(Cc3ccccc3)C2=[Se])cc1. The molecular weight excluding hydrogens is 455 g/mol. The molecule has 0 aromatic heterocycles. The Morgan fingerprint density at radius 3 is 2.29 bits per heavy atom. The zero-order valence-corrected chi connectivity index (χ0v) is 18.7. The van der Waals surface area contributed by atoms with Crippen LogP contribution in [0.5, 0.6) is 11.5 Å². The summed E-state index contributed by atoms with van der Waals surface area (Å²) in [6.45, 7) is 2.58. The van der Waals surface area contributed by atoms with E-state index in [9.17, 15) is 15.0 Å². The second-order valence-electron chi connectivity index (χ2n) is 7.29. The van der Waals surface area contributed by atoms with Gasteiger partial charge in [-0.25, -0.2) is 0 Å². The van der Waals surface area contributed by atoms with Crippen LogP contribution in [0.2, 0.25) is 0 Å². The Bertz CT molecular complexity index is 1160. The summed E-state index contributed by atoms with van der Waals surface area (Å²) < 4.78 is 0.669. The monoisotopic (exact) mass is 478 g/mol. The van der Waals surface area contributed by atoms with Gasteiger partial charge >= 0.3 is 189 Å². The number of nitrogens with zero attached hydrogens (tertiary/aromatic N) is 2. The molecule has 4 rings (SSSR count). The van der Waals surface area contributed by atoms with Gasteiger partial charge in [-0.2, -0.15) is 0 Å². The summed E-state index contributed by atoms with van der Waals surface area (Å²) in [6.07, 6.45) is 2.58. The second-order valence-corrected chi connectivity index (χ2v) is 8.05. The Balaban J connectivity index is 1.77. The van der Waals surface area contributed by atoms with Crippen LogP contribution in [-0.4, -0.2) is 41.3 Å². The average molecular weight is 477 g/mol. The molecule has 6 heteroatoms. The molecule has 1 aliphatic heterocycles. The van der Waals surface area contributed by atoms with Crippen LogP contribution in [0.15, 0.2) is 78.5 Å². The summed E-state index contributed by atoms with van der Waals surface area (Å²) in [5, 5.41) is 19.9. The molecule has 5 nitrogen and oxygen atoms in total. The minimum atomic E-state index is -0.193. The van der Waals surface area contributed by atoms with Gasteiger partial charge in [-0.1, -0.05) is 0 Å². The number of carbonyl (C=O) groups is 1. The number of amides is 1. The number of aryl methyl sites for hydroxylation is 1. The number of hydrogen-bond donors (Lipinski definition) is 2. The van der Waals surface area contributed by atoms with Gasteiger partial charge in [-0.15, -0.1) is 0 Å². The Labute approximate surface area is 189 Å². The third kappa shape index (κ3) is 4.26. The van der Waals surface area contributed by atoms with E-state index < -0.39 is 0 Å². The summed E-state index contributed by atoms with van der Waals surface area (Å²) in [5.74, 6) is -0.319. The average Bonchev–Trinajstić information content (AvgIpc) is 3.00. The normalized spacial score (nSPS) is 15.2. The molecule has 1 saturated heterocycles. The van der Waals surface area contributed by atoms with Crippen molar-refractivity contribution in [2.75, 3.05) is 4.90 Å². The van der Waals surface area contributed by atoms with Crippen LogP contribution in [0.25, 0.3) is 6.08 Å². The molecule has 0 spiro atoms. The zero-order chi connectivity index (χ0) is 22.0. The predicted molar refractivity (Wildman–Crippen MR) is 124 cm³/mol. The van der Waals surface area contributed by atoms with E-state index in [0.29, 0.717) is 22.5 Å². The summed E-state index contributed by atoms with van der Waals surface area (Å²) in [6, 6.07) is 22.1. The van der Waals surface area contributed by atoms with Crippen molar-refractivity contribution in [3.8, 4) is 11.5 Å². The number of aromatic hydroxyl groups is 2. The van der Waals surface area contributed by atoms with Gasteiger partial charge in [0, 0.05) is 0 Å². The Kier molecular flexibility index (Phi) is 5.94. The predicted octanol–water partition coefficient (Wildman–Crippen LogP) is 3.81. The van der Waals surface area contributed by atoms with E-state index >= 15 is 0 Å². The zero-order valence-electron chi connectivity index (χ0n) is 17.0. The molecule has 1 amide bonds. The summed E-state index contributed by atoms with van der Waals surface area (Å²) in [7, 11) is 0. The van der Waals surface area contributed by atoms with Crippen molar-refractivity contribution in [3.05, 3.63) is 95.2 Å². The number of anilines is 1. The molecule has 1 aliphatic rings. The van der Waals surface area contributed by atoms with Crippen LogP contribution in [-0.2, 0) is 17.8 Å². The number of rotatable bonds is 5. The van der Waals surface area contributed by atoms with Crippen molar-refractivity contribution >= 4 is 37.9 Å². The maximum absolute atomic E-state index is 13.5. The fourth-order valence-corrected chi connectivity index (χ4v) is 4.25. The second kappa shape index (κ2) is 8.80. The van der Waals surface area contributed by atoms with Crippen LogP contribution < -0.4 is 4.90 Å². The van der Waals surface area contributed by atoms with E-state index in [0.717, 1.165) is 17.7 Å². The van der Waals surface area contributed by atoms with Gasteiger partial charge in [-0.05, 0) is 0 Å². The summed E-state index contributed by atoms with van der Waals surface area (Å²) in [4.78, 5) is 17.0. The fraction of sp³-hybridized carbons (Fsp3) is 0.120. The van der Waals surface area contributed by atoms with Gasteiger partial charge in [0.1, 0.15) is 0 Å². The van der Waals surface area contributed by atoms with Gasteiger partial charge in [-0.3, -0.25) is 0 Å². The Morgan fingerprint density at radius 2 is 1.65 bits per heavy atom. The molecule has 31 heavy (non-hydrogen) atoms. The standard InChI is InChI=1S/C25H22N2O3Se/c1-2-17-8-11-20(12-9-17)27-24(30)22(14-19-10-13-21(28)15-23(19)29)26(25(27)31)16-18-6-4-3-5-7-18/h3-15,28-29H,2,16H2,1H3. The van der Waals surface area contributed by atoms with Crippen molar-refractivity contribution in [3.63, 3.8) is 0 Å². The van der Waals surface area contributed by atoms with E-state index in [-0.39, 0.29) is 17.4 Å². The van der Waals surface area contributed by atoms with Gasteiger partial charge < -0.3 is 0 Å². The first-order chi connectivity index (χ1) is 15.0. The first-order valence-electron chi connectivity index (χ1n) is 10.0. The van der Waals surface area contributed by atoms with E-state index in [2.05, 4.69) is 22.5 Å². The molecular formula is C25H22N2O3Se. The molecule has 0 saturated carbocycles. The molecule has 3 aromatic carbocycles. The van der Waals surface area contributed by atoms with E-state index in [1.54, 1.807) is 17.0 Å². The quantitative estimate of drug-likeness (QED) is 0.434. The Hall–Kier alpha value is -3.34. The maximum atomic E-state index is 13.5. The third-order valence-corrected chi connectivity index (χ3v) is 6.07. The summed E-state index contributed by atoms with van der Waals surface area (Å²) >= 11 is 3.06. The molecule has 0 aliphatic carbocycles. The number of phenolic OH excluding ortho intramolecular Hbond substituents is 2. The summed E-state index contributed by atoms with van der Waals surface area (Å²) in [5.41, 5.74) is 3.90. The molecule has 0 radical (unpaired) electrons. The molecule has 0 atom stereocenters. The molecule has 2 N–H and O–H groups in total. The van der Waals surface area contributed by atoms with Gasteiger partial charge in [0.2, 0.25) is 0 Å². The number of hydrogen-bond acceptors (Lipinski definition) is 4. The van der Waals surface area contributed by atoms with Crippen LogP contribution >= 0.6 is 0 Å². The van der Waals surface area contributed by atoms with E-state index in [1.807, 2.05) is 59.5 Å². The van der Waals surface area contributed by atoms with Crippen LogP contribution in [0, 0.1) is 0 Å². The number of benzene rings is 3. The Morgan fingerprint density at radius 1 is 0.935 bits per heavy atom. The van der Waals surface area contributed by atoms with Crippen molar-refractivity contribution in [2.45, 2.75) is 19.9 Å². The third-order valence-electron chi connectivity index (χ3n) is 5.23. The number of phenols is 2. The van der Waals surface area contributed by atoms with Gasteiger partial charge in [0.05, 0.1) is 0 Å². The van der Waals surface area contributed by atoms with Crippen LogP contribution in [0.4, 0.5) is 5.69 Å². The van der Waals surface area contributed by atoms with E-state index in [1.165, 1.54) is 17.7 Å². The topological polar surface area (TPSA) is 64.0 Å². The molecule has 0 unspecified atom stereocenters.